The second-order valence-corrected chi connectivity index (χ2v) is 5.47. The summed E-state index contributed by atoms with van der Waals surface area (Å²) in [5.74, 6) is 3.55. The van der Waals surface area contributed by atoms with Crippen molar-refractivity contribution in [2.75, 3.05) is 31.8 Å². The zero-order chi connectivity index (χ0) is 10.9. The Kier molecular flexibility index (Phi) is 7.49. The average molecular weight is 231 g/mol. The molecule has 0 radical (unpaired) electrons. The normalized spacial score (nSPS) is 19.6. The molecule has 0 aromatic rings. The lowest BCUT2D eigenvalue weighted by Crippen LogP contribution is -2.35. The SMILES string of the molecule is CCNC(COC)CSCC1CCCC1. The maximum absolute atomic E-state index is 5.20. The van der Waals surface area contributed by atoms with E-state index in [2.05, 4.69) is 24.0 Å². The quantitative estimate of drug-likeness (QED) is 0.693. The van der Waals surface area contributed by atoms with Crippen molar-refractivity contribution in [1.29, 1.82) is 0 Å². The van der Waals surface area contributed by atoms with E-state index in [-0.39, 0.29) is 0 Å². The second-order valence-electron chi connectivity index (χ2n) is 4.40. The van der Waals surface area contributed by atoms with Gasteiger partial charge in [0.1, 0.15) is 0 Å². The topological polar surface area (TPSA) is 21.3 Å². The highest BCUT2D eigenvalue weighted by Gasteiger charge is 2.15. The smallest absolute Gasteiger partial charge is 0.0623 e. The molecule has 1 aliphatic carbocycles. The molecule has 1 aliphatic rings. The first kappa shape index (κ1) is 13.3. The minimum absolute atomic E-state index is 0.534. The van der Waals surface area contributed by atoms with Gasteiger partial charge in [0.2, 0.25) is 0 Å². The predicted molar refractivity (Wildman–Crippen MR) is 68.6 cm³/mol. The molecular formula is C12H25NOS. The van der Waals surface area contributed by atoms with Crippen LogP contribution in [-0.4, -0.2) is 37.8 Å². The first-order valence-electron chi connectivity index (χ1n) is 6.16. The zero-order valence-electron chi connectivity index (χ0n) is 10.1. The summed E-state index contributed by atoms with van der Waals surface area (Å²) in [6.07, 6.45) is 5.84. The van der Waals surface area contributed by atoms with E-state index in [9.17, 15) is 0 Å². The molecule has 90 valence electrons. The summed E-state index contributed by atoms with van der Waals surface area (Å²) < 4.78 is 5.20. The molecule has 1 fully saturated rings. The molecule has 1 N–H and O–H groups in total. The molecule has 0 heterocycles. The highest BCUT2D eigenvalue weighted by molar-refractivity contribution is 7.99. The van der Waals surface area contributed by atoms with Crippen LogP contribution in [-0.2, 0) is 4.74 Å². The molecule has 1 unspecified atom stereocenters. The third-order valence-electron chi connectivity index (χ3n) is 3.01. The van der Waals surface area contributed by atoms with Gasteiger partial charge >= 0.3 is 0 Å². The molecule has 0 aromatic carbocycles. The highest BCUT2D eigenvalue weighted by Crippen LogP contribution is 2.27. The molecule has 0 bridgehead atoms. The Morgan fingerprint density at radius 3 is 2.73 bits per heavy atom. The maximum Gasteiger partial charge on any atom is 0.0623 e. The van der Waals surface area contributed by atoms with Crippen molar-refractivity contribution >= 4 is 11.8 Å². The van der Waals surface area contributed by atoms with Crippen molar-refractivity contribution in [3.05, 3.63) is 0 Å². The van der Waals surface area contributed by atoms with E-state index < -0.39 is 0 Å². The third-order valence-corrected chi connectivity index (χ3v) is 4.35. The van der Waals surface area contributed by atoms with Crippen molar-refractivity contribution in [2.45, 2.75) is 38.6 Å². The number of hydrogen-bond donors (Lipinski definition) is 1. The van der Waals surface area contributed by atoms with Crippen LogP contribution in [0.1, 0.15) is 32.6 Å². The van der Waals surface area contributed by atoms with Gasteiger partial charge in [0.15, 0.2) is 0 Å². The molecule has 15 heavy (non-hydrogen) atoms. The minimum atomic E-state index is 0.534. The van der Waals surface area contributed by atoms with Gasteiger partial charge in [-0.2, -0.15) is 11.8 Å². The van der Waals surface area contributed by atoms with Gasteiger partial charge in [-0.3, -0.25) is 0 Å². The van der Waals surface area contributed by atoms with E-state index in [1.54, 1.807) is 7.11 Å². The van der Waals surface area contributed by atoms with Gasteiger partial charge in [0.25, 0.3) is 0 Å². The fourth-order valence-electron chi connectivity index (χ4n) is 2.21. The van der Waals surface area contributed by atoms with Crippen LogP contribution in [0.25, 0.3) is 0 Å². The summed E-state index contributed by atoms with van der Waals surface area (Å²) in [7, 11) is 1.78. The highest BCUT2D eigenvalue weighted by atomic mass is 32.2. The first-order chi connectivity index (χ1) is 7.36. The molecule has 0 spiro atoms. The molecule has 1 atom stereocenters. The number of nitrogens with one attached hydrogen (secondary N) is 1. The number of ether oxygens (including phenoxy) is 1. The largest absolute Gasteiger partial charge is 0.383 e. The summed E-state index contributed by atoms with van der Waals surface area (Å²) in [6.45, 7) is 4.04. The Labute approximate surface area is 98.5 Å². The summed E-state index contributed by atoms with van der Waals surface area (Å²) in [6, 6.07) is 0.534. The van der Waals surface area contributed by atoms with Gasteiger partial charge in [-0.25, -0.2) is 0 Å². The van der Waals surface area contributed by atoms with Crippen LogP contribution in [0.4, 0.5) is 0 Å². The van der Waals surface area contributed by atoms with Crippen LogP contribution in [0.2, 0.25) is 0 Å². The van der Waals surface area contributed by atoms with Gasteiger partial charge < -0.3 is 10.1 Å². The van der Waals surface area contributed by atoms with Gasteiger partial charge in [-0.05, 0) is 31.1 Å². The number of likely N-dealkylation sites (N-methyl/N-ethyl adjacent to an activating group) is 1. The van der Waals surface area contributed by atoms with E-state index in [1.807, 2.05) is 0 Å². The Morgan fingerprint density at radius 2 is 2.13 bits per heavy atom. The zero-order valence-corrected chi connectivity index (χ0v) is 10.9. The van der Waals surface area contributed by atoms with Crippen LogP contribution in [0.5, 0.6) is 0 Å². The van der Waals surface area contributed by atoms with Gasteiger partial charge in [-0.15, -0.1) is 0 Å². The van der Waals surface area contributed by atoms with Gasteiger partial charge in [0, 0.05) is 18.9 Å². The van der Waals surface area contributed by atoms with Crippen LogP contribution in [0.3, 0.4) is 0 Å². The average Bonchev–Trinajstić information content (AvgIpc) is 2.71. The summed E-state index contributed by atoms with van der Waals surface area (Å²) in [4.78, 5) is 0. The lowest BCUT2D eigenvalue weighted by Gasteiger charge is -2.17. The standard InChI is InChI=1S/C12H25NOS/c1-3-13-12(8-14-2)10-15-9-11-6-4-5-7-11/h11-13H,3-10H2,1-2H3. The second kappa shape index (κ2) is 8.43. The maximum atomic E-state index is 5.20. The van der Waals surface area contributed by atoms with Crippen molar-refractivity contribution in [2.24, 2.45) is 5.92 Å². The molecule has 2 nitrogen and oxygen atoms in total. The minimum Gasteiger partial charge on any atom is -0.383 e. The van der Waals surface area contributed by atoms with Gasteiger partial charge in [-0.1, -0.05) is 19.8 Å². The number of methoxy groups -OCH3 is 1. The van der Waals surface area contributed by atoms with Crippen LogP contribution in [0.15, 0.2) is 0 Å². The molecule has 0 aliphatic heterocycles. The van der Waals surface area contributed by atoms with E-state index in [4.69, 9.17) is 4.74 Å². The number of hydrogen-bond acceptors (Lipinski definition) is 3. The lowest BCUT2D eigenvalue weighted by molar-refractivity contribution is 0.174. The monoisotopic (exact) mass is 231 g/mol. The van der Waals surface area contributed by atoms with E-state index in [1.165, 1.54) is 37.2 Å². The Bertz CT molecular complexity index is 143. The predicted octanol–water partition coefficient (Wildman–Crippen LogP) is 2.53. The van der Waals surface area contributed by atoms with Crippen LogP contribution >= 0.6 is 11.8 Å². The molecular weight excluding hydrogens is 206 g/mol. The van der Waals surface area contributed by atoms with E-state index in [0.29, 0.717) is 6.04 Å². The van der Waals surface area contributed by atoms with Gasteiger partial charge in [0.05, 0.1) is 6.61 Å². The van der Waals surface area contributed by atoms with E-state index >= 15 is 0 Å². The van der Waals surface area contributed by atoms with Crippen molar-refractivity contribution < 1.29 is 4.74 Å². The first-order valence-corrected chi connectivity index (χ1v) is 7.32. The summed E-state index contributed by atoms with van der Waals surface area (Å²) >= 11 is 2.10. The van der Waals surface area contributed by atoms with Crippen molar-refractivity contribution in [3.8, 4) is 0 Å². The Hall–Kier alpha value is 0.270. The summed E-state index contributed by atoms with van der Waals surface area (Å²) in [5.41, 5.74) is 0. The Morgan fingerprint density at radius 1 is 1.40 bits per heavy atom. The third kappa shape index (κ3) is 5.79. The fraction of sp³-hybridized carbons (Fsp3) is 1.00. The molecule has 3 heteroatoms. The summed E-state index contributed by atoms with van der Waals surface area (Å²) in [5, 5.41) is 3.46. The van der Waals surface area contributed by atoms with Crippen molar-refractivity contribution in [1.82, 2.24) is 5.32 Å². The van der Waals surface area contributed by atoms with Crippen LogP contribution in [0, 0.1) is 5.92 Å². The number of thioether (sulfide) groups is 1. The Balaban J connectivity index is 2.04. The fourth-order valence-corrected chi connectivity index (χ4v) is 3.51. The molecule has 0 saturated heterocycles. The molecule has 0 aromatic heterocycles. The lowest BCUT2D eigenvalue weighted by atomic mass is 10.1. The number of rotatable bonds is 8. The van der Waals surface area contributed by atoms with Crippen LogP contribution < -0.4 is 5.32 Å². The van der Waals surface area contributed by atoms with E-state index in [0.717, 1.165) is 19.1 Å². The van der Waals surface area contributed by atoms with Crippen molar-refractivity contribution in [3.63, 3.8) is 0 Å². The molecule has 1 rings (SSSR count). The molecule has 0 amide bonds. The molecule has 1 saturated carbocycles.